The van der Waals surface area contributed by atoms with E-state index >= 15 is 0 Å². The van der Waals surface area contributed by atoms with E-state index < -0.39 is 9.84 Å². The van der Waals surface area contributed by atoms with Gasteiger partial charge in [0.15, 0.2) is 0 Å². The summed E-state index contributed by atoms with van der Waals surface area (Å²) in [6, 6.07) is 4.83. The average Bonchev–Trinajstić information content (AvgIpc) is 2.33. The predicted molar refractivity (Wildman–Crippen MR) is 84.1 cm³/mol. The number of nitrogens with one attached hydrogen (secondary N) is 1. The van der Waals surface area contributed by atoms with Crippen molar-refractivity contribution in [2.45, 2.75) is 32.2 Å². The van der Waals surface area contributed by atoms with Crippen molar-refractivity contribution in [2.24, 2.45) is 0 Å². The minimum Gasteiger partial charge on any atom is -0.310 e. The fourth-order valence-corrected chi connectivity index (χ4v) is 3.04. The highest BCUT2D eigenvalue weighted by Gasteiger charge is 2.16. The lowest BCUT2D eigenvalue weighted by molar-refractivity contribution is 0.468. The first kappa shape index (κ1) is 17.6. The molecule has 1 N–H and O–H groups in total. The van der Waals surface area contributed by atoms with Crippen LogP contribution < -0.4 is 5.32 Å². The highest BCUT2D eigenvalue weighted by Crippen LogP contribution is 2.24. The number of halogens is 2. The minimum absolute atomic E-state index is 0.134. The molecule has 1 atom stereocenters. The largest absolute Gasteiger partial charge is 0.310 e. The van der Waals surface area contributed by atoms with Gasteiger partial charge in [0.2, 0.25) is 0 Å². The van der Waals surface area contributed by atoms with Crippen molar-refractivity contribution in [1.82, 2.24) is 5.32 Å². The van der Waals surface area contributed by atoms with Gasteiger partial charge in [-0.15, -0.1) is 0 Å². The van der Waals surface area contributed by atoms with Crippen LogP contribution in [-0.4, -0.2) is 27.0 Å². The Kier molecular flexibility index (Phi) is 7.12. The smallest absolute Gasteiger partial charge is 0.147 e. The standard InChI is InChI=1S/C14H21BrFNO2S/c1-3-8-17-14(5-4-9-20(2,18)19)12-7-6-11(15)10-13(12)16/h6-7,10,14,17H,3-5,8-9H2,1-2H3. The SMILES string of the molecule is CCCNC(CCCS(C)(=O)=O)c1ccc(Br)cc1F. The maximum atomic E-state index is 14.0. The fourth-order valence-electron chi connectivity index (χ4n) is 2.02. The molecule has 0 fully saturated rings. The third-order valence-corrected chi connectivity index (χ3v) is 4.51. The lowest BCUT2D eigenvalue weighted by Gasteiger charge is -2.19. The van der Waals surface area contributed by atoms with Crippen LogP contribution in [0.15, 0.2) is 22.7 Å². The van der Waals surface area contributed by atoms with Gasteiger partial charge in [0.25, 0.3) is 0 Å². The zero-order valence-corrected chi connectivity index (χ0v) is 14.2. The first-order chi connectivity index (χ1) is 9.33. The molecule has 0 aromatic heterocycles. The van der Waals surface area contributed by atoms with Crippen molar-refractivity contribution < 1.29 is 12.8 Å². The van der Waals surface area contributed by atoms with E-state index in [9.17, 15) is 12.8 Å². The number of hydrogen-bond donors (Lipinski definition) is 1. The first-order valence-corrected chi connectivity index (χ1v) is 9.55. The van der Waals surface area contributed by atoms with Crippen molar-refractivity contribution in [3.63, 3.8) is 0 Å². The van der Waals surface area contributed by atoms with E-state index in [0.717, 1.165) is 13.0 Å². The molecule has 0 amide bonds. The summed E-state index contributed by atoms with van der Waals surface area (Å²) < 4.78 is 37.0. The Labute approximate surface area is 129 Å². The molecule has 1 aromatic carbocycles. The maximum absolute atomic E-state index is 14.0. The molecule has 0 aliphatic carbocycles. The van der Waals surface area contributed by atoms with Gasteiger partial charge in [-0.25, -0.2) is 12.8 Å². The average molecular weight is 366 g/mol. The van der Waals surface area contributed by atoms with Crippen molar-refractivity contribution in [3.8, 4) is 0 Å². The van der Waals surface area contributed by atoms with E-state index in [2.05, 4.69) is 21.2 Å². The molecule has 0 aliphatic heterocycles. The summed E-state index contributed by atoms with van der Waals surface area (Å²) in [5.74, 6) is -0.137. The lowest BCUT2D eigenvalue weighted by atomic mass is 10.0. The van der Waals surface area contributed by atoms with Crippen LogP contribution in [0.2, 0.25) is 0 Å². The van der Waals surface area contributed by atoms with E-state index in [1.165, 1.54) is 12.3 Å². The second-order valence-electron chi connectivity index (χ2n) is 4.94. The molecule has 0 aliphatic rings. The summed E-state index contributed by atoms with van der Waals surface area (Å²) in [4.78, 5) is 0. The Bertz CT molecular complexity index is 534. The predicted octanol–water partition coefficient (Wildman–Crippen LogP) is 3.45. The summed E-state index contributed by atoms with van der Waals surface area (Å²) in [5, 5.41) is 3.28. The third-order valence-electron chi connectivity index (χ3n) is 2.99. The molecule has 6 heteroatoms. The molecule has 1 aromatic rings. The molecule has 3 nitrogen and oxygen atoms in total. The lowest BCUT2D eigenvalue weighted by Crippen LogP contribution is -2.23. The molecule has 0 spiro atoms. The summed E-state index contributed by atoms with van der Waals surface area (Å²) in [5.41, 5.74) is 0.593. The van der Waals surface area contributed by atoms with Crippen LogP contribution in [0.1, 0.15) is 37.8 Å². The Morgan fingerprint density at radius 2 is 2.10 bits per heavy atom. The second kappa shape index (κ2) is 8.10. The van der Waals surface area contributed by atoms with Gasteiger partial charge < -0.3 is 5.32 Å². The number of rotatable bonds is 8. The molecule has 0 saturated heterocycles. The molecular formula is C14H21BrFNO2S. The summed E-state index contributed by atoms with van der Waals surface area (Å²) in [7, 11) is -2.97. The van der Waals surface area contributed by atoms with Gasteiger partial charge in [-0.1, -0.05) is 28.9 Å². The molecule has 0 heterocycles. The van der Waals surface area contributed by atoms with E-state index in [4.69, 9.17) is 0 Å². The quantitative estimate of drug-likeness (QED) is 0.767. The van der Waals surface area contributed by atoms with E-state index in [1.54, 1.807) is 12.1 Å². The highest BCUT2D eigenvalue weighted by atomic mass is 79.9. The Morgan fingerprint density at radius 3 is 2.65 bits per heavy atom. The number of benzene rings is 1. The van der Waals surface area contributed by atoms with Gasteiger partial charge in [-0.05, 0) is 37.9 Å². The fraction of sp³-hybridized carbons (Fsp3) is 0.571. The second-order valence-corrected chi connectivity index (χ2v) is 8.12. The molecule has 0 saturated carbocycles. The molecule has 0 bridgehead atoms. The van der Waals surface area contributed by atoms with Crippen LogP contribution in [0.5, 0.6) is 0 Å². The van der Waals surface area contributed by atoms with Gasteiger partial charge in [-0.2, -0.15) is 0 Å². The topological polar surface area (TPSA) is 46.2 Å². The van der Waals surface area contributed by atoms with E-state index in [0.29, 0.717) is 22.9 Å². The number of hydrogen-bond acceptors (Lipinski definition) is 3. The molecule has 1 unspecified atom stereocenters. The van der Waals surface area contributed by atoms with Crippen LogP contribution in [0.3, 0.4) is 0 Å². The Hall–Kier alpha value is -0.460. The molecule has 1 rings (SSSR count). The molecule has 0 radical (unpaired) electrons. The molecule has 114 valence electrons. The normalized spacial score (nSPS) is 13.4. The van der Waals surface area contributed by atoms with Crippen molar-refractivity contribution >= 4 is 25.8 Å². The van der Waals surface area contributed by atoms with Crippen LogP contribution >= 0.6 is 15.9 Å². The Balaban J connectivity index is 2.77. The first-order valence-electron chi connectivity index (χ1n) is 6.69. The minimum atomic E-state index is -2.97. The van der Waals surface area contributed by atoms with Crippen LogP contribution in [0, 0.1) is 5.82 Å². The monoisotopic (exact) mass is 365 g/mol. The van der Waals surface area contributed by atoms with Crippen molar-refractivity contribution in [3.05, 3.63) is 34.1 Å². The van der Waals surface area contributed by atoms with Crippen LogP contribution in [0.4, 0.5) is 4.39 Å². The van der Waals surface area contributed by atoms with E-state index in [-0.39, 0.29) is 17.6 Å². The van der Waals surface area contributed by atoms with E-state index in [1.807, 2.05) is 6.92 Å². The van der Waals surface area contributed by atoms with Crippen molar-refractivity contribution in [1.29, 1.82) is 0 Å². The molecule has 20 heavy (non-hydrogen) atoms. The van der Waals surface area contributed by atoms with Crippen LogP contribution in [0.25, 0.3) is 0 Å². The molecular weight excluding hydrogens is 345 g/mol. The van der Waals surface area contributed by atoms with Crippen molar-refractivity contribution in [2.75, 3.05) is 18.6 Å². The Morgan fingerprint density at radius 1 is 1.40 bits per heavy atom. The van der Waals surface area contributed by atoms with Gasteiger partial charge in [0.1, 0.15) is 15.7 Å². The van der Waals surface area contributed by atoms with Gasteiger partial charge in [0.05, 0.1) is 0 Å². The summed E-state index contributed by atoms with van der Waals surface area (Å²) in [6.45, 7) is 2.82. The third kappa shape index (κ3) is 6.33. The zero-order valence-electron chi connectivity index (χ0n) is 11.8. The van der Waals surface area contributed by atoms with Crippen LogP contribution in [-0.2, 0) is 9.84 Å². The van der Waals surface area contributed by atoms with Gasteiger partial charge >= 0.3 is 0 Å². The summed E-state index contributed by atoms with van der Waals surface area (Å²) in [6.07, 6.45) is 3.30. The maximum Gasteiger partial charge on any atom is 0.147 e. The highest BCUT2D eigenvalue weighted by molar-refractivity contribution is 9.10. The zero-order chi connectivity index (χ0) is 15.2. The van der Waals surface area contributed by atoms with Gasteiger partial charge in [0, 0.05) is 28.1 Å². The number of sulfone groups is 1. The van der Waals surface area contributed by atoms with Gasteiger partial charge in [-0.3, -0.25) is 0 Å². The summed E-state index contributed by atoms with van der Waals surface area (Å²) >= 11 is 3.24.